The third kappa shape index (κ3) is 5.13. The Kier molecular flexibility index (Phi) is 6.82. The molecule has 0 saturated carbocycles. The van der Waals surface area contributed by atoms with Crippen LogP contribution in [0.4, 0.5) is 41.5 Å². The summed E-state index contributed by atoms with van der Waals surface area (Å²) >= 11 is 0. The van der Waals surface area contributed by atoms with Crippen molar-refractivity contribution in [2.45, 2.75) is 51.4 Å². The highest BCUT2D eigenvalue weighted by Crippen LogP contribution is 2.48. The van der Waals surface area contributed by atoms with Crippen molar-refractivity contribution in [2.24, 2.45) is 0 Å². The third-order valence-electron chi connectivity index (χ3n) is 6.47. The number of halogens is 2. The van der Waals surface area contributed by atoms with Crippen molar-refractivity contribution in [1.82, 2.24) is 24.6 Å². The summed E-state index contributed by atoms with van der Waals surface area (Å²) in [5, 5.41) is 16.2. The Morgan fingerprint density at radius 2 is 2.00 bits per heavy atom. The number of benzene rings is 1. The Labute approximate surface area is 229 Å². The van der Waals surface area contributed by atoms with Gasteiger partial charge in [-0.15, -0.1) is 0 Å². The van der Waals surface area contributed by atoms with Crippen LogP contribution < -0.4 is 15.1 Å². The van der Waals surface area contributed by atoms with E-state index in [1.807, 2.05) is 0 Å². The number of nitrogens with one attached hydrogen (secondary N) is 1. The molecule has 0 bridgehead atoms. The average Bonchev–Trinajstić information content (AvgIpc) is 3.32. The minimum atomic E-state index is -3.49. The van der Waals surface area contributed by atoms with E-state index in [1.165, 1.54) is 30.4 Å². The average molecular weight is 557 g/mol. The number of hydrogen-bond donors (Lipinski definition) is 2. The number of amides is 3. The Balaban J connectivity index is 1.45. The Morgan fingerprint density at radius 3 is 2.73 bits per heavy atom. The summed E-state index contributed by atoms with van der Waals surface area (Å²) in [5.74, 6) is -3.02. The summed E-state index contributed by atoms with van der Waals surface area (Å²) in [6.45, 7) is 4.13. The van der Waals surface area contributed by atoms with Crippen LogP contribution in [0.3, 0.4) is 0 Å². The lowest BCUT2D eigenvalue weighted by atomic mass is 9.91. The van der Waals surface area contributed by atoms with Gasteiger partial charge in [-0.1, -0.05) is 18.2 Å². The van der Waals surface area contributed by atoms with Crippen LogP contribution in [0.5, 0.6) is 0 Å². The summed E-state index contributed by atoms with van der Waals surface area (Å²) in [4.78, 5) is 38.4. The lowest BCUT2D eigenvalue weighted by Crippen LogP contribution is -2.58. The van der Waals surface area contributed by atoms with Crippen molar-refractivity contribution < 1.29 is 28.2 Å². The lowest BCUT2D eigenvalue weighted by Gasteiger charge is -2.46. The molecule has 2 aliphatic heterocycles. The minimum absolute atomic E-state index is 0.0661. The number of aromatic nitrogens is 4. The van der Waals surface area contributed by atoms with Crippen molar-refractivity contribution in [3.8, 4) is 0 Å². The van der Waals surface area contributed by atoms with Crippen LogP contribution in [0.15, 0.2) is 42.9 Å². The topological polar surface area (TPSA) is 129 Å². The molecule has 3 amide bonds. The number of fused-ring (bicyclic) bond motifs is 2. The molecule has 3 aromatic rings. The highest BCUT2D eigenvalue weighted by Gasteiger charge is 2.54. The number of para-hydroxylation sites is 1. The molecule has 2 N–H and O–H groups in total. The van der Waals surface area contributed by atoms with Gasteiger partial charge in [0, 0.05) is 30.6 Å². The maximum absolute atomic E-state index is 15.9. The van der Waals surface area contributed by atoms with Gasteiger partial charge in [0.1, 0.15) is 17.5 Å². The van der Waals surface area contributed by atoms with Gasteiger partial charge in [0.15, 0.2) is 0 Å². The fraction of sp³-hybridized carbons (Fsp3) is 0.423. The SMILES string of the molecule is CN1C(=O)N(C2c3ccccc3N(C(=O)OC(C)(C)C)CC2(F)F)Cc2cnc(Nc3cnn(CCO)c3)nc21. The van der Waals surface area contributed by atoms with Crippen LogP contribution in [0.2, 0.25) is 0 Å². The van der Waals surface area contributed by atoms with Gasteiger partial charge >= 0.3 is 12.1 Å². The highest BCUT2D eigenvalue weighted by atomic mass is 19.3. The van der Waals surface area contributed by atoms with Crippen molar-refractivity contribution in [2.75, 3.05) is 35.3 Å². The molecule has 0 radical (unpaired) electrons. The number of ether oxygens (including phenoxy) is 1. The number of hydrogen-bond acceptors (Lipinski definition) is 8. The van der Waals surface area contributed by atoms with E-state index in [2.05, 4.69) is 20.4 Å². The predicted octanol–water partition coefficient (Wildman–Crippen LogP) is 3.91. The minimum Gasteiger partial charge on any atom is -0.443 e. The summed E-state index contributed by atoms with van der Waals surface area (Å²) < 4.78 is 38.7. The molecule has 5 rings (SSSR count). The summed E-state index contributed by atoms with van der Waals surface area (Å²) in [5.41, 5.74) is 0.570. The number of carbonyl (C=O) groups excluding carboxylic acids is 2. The van der Waals surface area contributed by atoms with E-state index in [4.69, 9.17) is 9.84 Å². The standard InChI is InChI=1S/C26H30F2N8O4/c1-25(2,3)40-24(39)36-15-26(27,28)20(18-7-5-6-8-19(18)36)35-13-16-11-29-22(32-21(16)33(4)23(35)38)31-17-12-30-34(14-17)9-10-37/h5-8,11-12,14,20,37H,9-10,13,15H2,1-4H3,(H,29,31,32). The largest absolute Gasteiger partial charge is 0.443 e. The maximum atomic E-state index is 15.9. The summed E-state index contributed by atoms with van der Waals surface area (Å²) in [7, 11) is 1.46. The van der Waals surface area contributed by atoms with Crippen molar-refractivity contribution in [1.29, 1.82) is 0 Å². The number of aliphatic hydroxyl groups is 1. The quantitative estimate of drug-likeness (QED) is 0.484. The molecule has 0 spiro atoms. The van der Waals surface area contributed by atoms with Crippen LogP contribution in [0.1, 0.15) is 37.9 Å². The van der Waals surface area contributed by atoms with E-state index in [0.29, 0.717) is 17.8 Å². The molecular formula is C26H30F2N8O4. The van der Waals surface area contributed by atoms with Crippen molar-refractivity contribution in [3.05, 3.63) is 54.0 Å². The number of nitrogens with zero attached hydrogens (tertiary/aromatic N) is 7. The second-order valence-electron chi connectivity index (χ2n) is 10.6. The van der Waals surface area contributed by atoms with Gasteiger partial charge in [-0.05, 0) is 26.8 Å². The lowest BCUT2D eigenvalue weighted by molar-refractivity contribution is -0.0718. The molecule has 1 aromatic carbocycles. The van der Waals surface area contributed by atoms with Gasteiger partial charge in [-0.2, -0.15) is 10.1 Å². The molecule has 0 saturated heterocycles. The molecule has 1 unspecified atom stereocenters. The number of aliphatic hydroxyl groups excluding tert-OH is 1. The van der Waals surface area contributed by atoms with Crippen LogP contribution in [-0.2, 0) is 17.8 Å². The van der Waals surface area contributed by atoms with Gasteiger partial charge in [-0.25, -0.2) is 23.4 Å². The zero-order valence-electron chi connectivity index (χ0n) is 22.5. The summed E-state index contributed by atoms with van der Waals surface area (Å²) in [6, 6.07) is 3.99. The van der Waals surface area contributed by atoms with E-state index < -0.39 is 36.2 Å². The van der Waals surface area contributed by atoms with Crippen LogP contribution in [0.25, 0.3) is 0 Å². The number of rotatable bonds is 5. The van der Waals surface area contributed by atoms with E-state index in [1.54, 1.807) is 49.8 Å². The van der Waals surface area contributed by atoms with Gasteiger partial charge in [-0.3, -0.25) is 14.5 Å². The first-order valence-corrected chi connectivity index (χ1v) is 12.7. The number of carbonyl (C=O) groups is 2. The first-order chi connectivity index (χ1) is 18.9. The molecule has 12 nitrogen and oxygen atoms in total. The Morgan fingerprint density at radius 1 is 1.25 bits per heavy atom. The zero-order chi connectivity index (χ0) is 28.8. The molecule has 40 heavy (non-hydrogen) atoms. The summed E-state index contributed by atoms with van der Waals surface area (Å²) in [6.07, 6.45) is 3.80. The van der Waals surface area contributed by atoms with Gasteiger partial charge in [0.2, 0.25) is 5.95 Å². The van der Waals surface area contributed by atoms with Crippen molar-refractivity contribution in [3.63, 3.8) is 0 Å². The normalized spacial score (nSPS) is 18.3. The fourth-order valence-electron chi connectivity index (χ4n) is 4.83. The highest BCUT2D eigenvalue weighted by molar-refractivity contribution is 5.95. The zero-order valence-corrected chi connectivity index (χ0v) is 22.5. The molecule has 0 aliphatic carbocycles. The smallest absolute Gasteiger partial charge is 0.415 e. The first-order valence-electron chi connectivity index (χ1n) is 12.7. The fourth-order valence-corrected chi connectivity index (χ4v) is 4.83. The van der Waals surface area contributed by atoms with Crippen LogP contribution in [-0.4, -0.2) is 73.6 Å². The van der Waals surface area contributed by atoms with Gasteiger partial charge < -0.3 is 20.1 Å². The molecule has 1 atom stereocenters. The molecule has 14 heteroatoms. The van der Waals surface area contributed by atoms with E-state index in [-0.39, 0.29) is 36.2 Å². The molecule has 0 fully saturated rings. The number of anilines is 4. The van der Waals surface area contributed by atoms with E-state index in [0.717, 1.165) is 9.80 Å². The second-order valence-corrected chi connectivity index (χ2v) is 10.6. The predicted molar refractivity (Wildman–Crippen MR) is 142 cm³/mol. The van der Waals surface area contributed by atoms with E-state index >= 15 is 8.78 Å². The third-order valence-corrected chi connectivity index (χ3v) is 6.47. The number of urea groups is 1. The van der Waals surface area contributed by atoms with Gasteiger partial charge in [0.25, 0.3) is 5.92 Å². The van der Waals surface area contributed by atoms with E-state index in [9.17, 15) is 9.59 Å². The maximum Gasteiger partial charge on any atom is 0.415 e. The molecular weight excluding hydrogens is 526 g/mol. The molecule has 212 valence electrons. The molecule has 2 aromatic heterocycles. The Hall–Kier alpha value is -4.33. The molecule has 4 heterocycles. The Bertz CT molecular complexity index is 1440. The monoisotopic (exact) mass is 556 g/mol. The second kappa shape index (κ2) is 10.0. The van der Waals surface area contributed by atoms with Crippen LogP contribution in [0, 0.1) is 0 Å². The van der Waals surface area contributed by atoms with Crippen LogP contribution >= 0.6 is 0 Å². The van der Waals surface area contributed by atoms with Gasteiger partial charge in [0.05, 0.1) is 43.8 Å². The first kappa shape index (κ1) is 27.2. The number of alkyl halides is 2. The van der Waals surface area contributed by atoms with Crippen molar-refractivity contribution >= 4 is 35.3 Å². The molecule has 2 aliphatic rings.